The number of hydrogen-bond acceptors (Lipinski definition) is 4. The molecule has 0 heterocycles. The van der Waals surface area contributed by atoms with Crippen LogP contribution >= 0.6 is 38.5 Å². The molecular weight excluding hydrogens is 545 g/mol. The maximum absolute atomic E-state index is 11.9. The Kier molecular flexibility index (Phi) is 8.06. The molecule has 3 rings (SSSR count). The van der Waals surface area contributed by atoms with E-state index >= 15 is 0 Å². The van der Waals surface area contributed by atoms with E-state index in [0.29, 0.717) is 6.61 Å². The second-order valence-electron chi connectivity index (χ2n) is 6.14. The van der Waals surface area contributed by atoms with E-state index in [1.165, 1.54) is 0 Å². The fourth-order valence-electron chi connectivity index (χ4n) is 2.40. The zero-order chi connectivity index (χ0) is 20.5. The lowest BCUT2D eigenvalue weighted by molar-refractivity contribution is -0.119. The number of ether oxygens (including phenoxy) is 1. The Morgan fingerprint density at radius 3 is 2.59 bits per heavy atom. The summed E-state index contributed by atoms with van der Waals surface area (Å²) in [6.45, 7) is 0.628. The fourth-order valence-corrected chi connectivity index (χ4v) is 3.02. The maximum atomic E-state index is 11.9. The minimum atomic E-state index is -0.220. The van der Waals surface area contributed by atoms with Crippen molar-refractivity contribution in [1.29, 1.82) is 0 Å². The normalized spacial score (nSPS) is 10.7. The van der Waals surface area contributed by atoms with Gasteiger partial charge in [-0.1, -0.05) is 40.2 Å². The van der Waals surface area contributed by atoms with E-state index in [4.69, 9.17) is 4.74 Å². The SMILES string of the molecule is O=C(CNc1ccc(I)cc1)N/N=C\c1cccc(OCc2ccc(Br)cc2)c1. The molecule has 0 aliphatic heterocycles. The van der Waals surface area contributed by atoms with E-state index in [1.807, 2.05) is 72.8 Å². The number of anilines is 1. The number of amides is 1. The molecule has 0 spiro atoms. The molecule has 0 saturated carbocycles. The van der Waals surface area contributed by atoms with Crippen molar-refractivity contribution in [1.82, 2.24) is 5.43 Å². The second kappa shape index (κ2) is 11.0. The average Bonchev–Trinajstić information content (AvgIpc) is 2.73. The van der Waals surface area contributed by atoms with Crippen LogP contribution in [0.2, 0.25) is 0 Å². The Labute approximate surface area is 191 Å². The van der Waals surface area contributed by atoms with Gasteiger partial charge >= 0.3 is 0 Å². The first-order valence-electron chi connectivity index (χ1n) is 8.87. The second-order valence-corrected chi connectivity index (χ2v) is 8.30. The summed E-state index contributed by atoms with van der Waals surface area (Å²) in [4.78, 5) is 11.9. The van der Waals surface area contributed by atoms with Gasteiger partial charge in [-0.3, -0.25) is 4.79 Å². The van der Waals surface area contributed by atoms with E-state index in [9.17, 15) is 4.79 Å². The molecule has 0 fully saturated rings. The van der Waals surface area contributed by atoms with Gasteiger partial charge in [0.25, 0.3) is 5.91 Å². The molecule has 3 aromatic rings. The van der Waals surface area contributed by atoms with Crippen molar-refractivity contribution in [2.75, 3.05) is 11.9 Å². The van der Waals surface area contributed by atoms with E-state index in [1.54, 1.807) is 6.21 Å². The highest BCUT2D eigenvalue weighted by atomic mass is 127. The fraction of sp³-hybridized carbons (Fsp3) is 0.0909. The Morgan fingerprint density at radius 1 is 1.07 bits per heavy atom. The predicted octanol–water partition coefficient (Wildman–Crippen LogP) is 5.19. The van der Waals surface area contributed by atoms with Crippen LogP contribution in [0.25, 0.3) is 0 Å². The molecule has 7 heteroatoms. The lowest BCUT2D eigenvalue weighted by Crippen LogP contribution is -2.25. The number of hydrazone groups is 1. The molecule has 2 N–H and O–H groups in total. The molecule has 3 aromatic carbocycles. The van der Waals surface area contributed by atoms with Crippen LogP contribution in [-0.2, 0) is 11.4 Å². The van der Waals surface area contributed by atoms with Gasteiger partial charge in [0.2, 0.25) is 0 Å². The largest absolute Gasteiger partial charge is 0.489 e. The van der Waals surface area contributed by atoms with Gasteiger partial charge in [-0.2, -0.15) is 5.10 Å². The first kappa shape index (κ1) is 21.3. The third kappa shape index (κ3) is 7.51. The van der Waals surface area contributed by atoms with Crippen LogP contribution in [0.15, 0.2) is 82.4 Å². The van der Waals surface area contributed by atoms with Crippen LogP contribution in [0.5, 0.6) is 5.75 Å². The van der Waals surface area contributed by atoms with E-state index in [-0.39, 0.29) is 12.5 Å². The van der Waals surface area contributed by atoms with E-state index in [2.05, 4.69) is 54.4 Å². The maximum Gasteiger partial charge on any atom is 0.259 e. The van der Waals surface area contributed by atoms with Crippen molar-refractivity contribution in [2.45, 2.75) is 6.61 Å². The van der Waals surface area contributed by atoms with Gasteiger partial charge in [0, 0.05) is 13.7 Å². The van der Waals surface area contributed by atoms with Crippen LogP contribution in [0.1, 0.15) is 11.1 Å². The minimum Gasteiger partial charge on any atom is -0.489 e. The summed E-state index contributed by atoms with van der Waals surface area (Å²) in [5.41, 5.74) is 5.33. The third-order valence-corrected chi connectivity index (χ3v) is 5.12. The Bertz CT molecular complexity index is 976. The lowest BCUT2D eigenvalue weighted by Gasteiger charge is -2.07. The number of benzene rings is 3. The number of carbonyl (C=O) groups excluding carboxylic acids is 1. The Balaban J connectivity index is 1.46. The molecular formula is C22H19BrIN3O2. The van der Waals surface area contributed by atoms with Crippen molar-refractivity contribution in [3.63, 3.8) is 0 Å². The van der Waals surface area contributed by atoms with Gasteiger partial charge in [0.15, 0.2) is 0 Å². The summed E-state index contributed by atoms with van der Waals surface area (Å²) in [5, 5.41) is 7.06. The zero-order valence-electron chi connectivity index (χ0n) is 15.4. The number of rotatable bonds is 8. The Hall–Kier alpha value is -2.39. The summed E-state index contributed by atoms with van der Waals surface area (Å²) in [6.07, 6.45) is 1.59. The van der Waals surface area contributed by atoms with Crippen LogP contribution < -0.4 is 15.5 Å². The van der Waals surface area contributed by atoms with Crippen molar-refractivity contribution in [3.05, 3.63) is 92.0 Å². The molecule has 0 aromatic heterocycles. The summed E-state index contributed by atoms with van der Waals surface area (Å²) < 4.78 is 8.00. The summed E-state index contributed by atoms with van der Waals surface area (Å²) in [6, 6.07) is 23.3. The first-order valence-corrected chi connectivity index (χ1v) is 10.7. The van der Waals surface area contributed by atoms with Gasteiger partial charge in [-0.15, -0.1) is 0 Å². The number of hydrogen-bond donors (Lipinski definition) is 2. The quantitative estimate of drug-likeness (QED) is 0.225. The third-order valence-electron chi connectivity index (χ3n) is 3.88. The van der Waals surface area contributed by atoms with Crippen LogP contribution in [0, 0.1) is 3.57 Å². The number of carbonyl (C=O) groups is 1. The topological polar surface area (TPSA) is 62.7 Å². The first-order chi connectivity index (χ1) is 14.1. The molecule has 0 unspecified atom stereocenters. The van der Waals surface area contributed by atoms with Gasteiger partial charge in [-0.25, -0.2) is 5.43 Å². The lowest BCUT2D eigenvalue weighted by atomic mass is 10.2. The predicted molar refractivity (Wildman–Crippen MR) is 128 cm³/mol. The minimum absolute atomic E-state index is 0.147. The summed E-state index contributed by atoms with van der Waals surface area (Å²) >= 11 is 5.66. The monoisotopic (exact) mass is 563 g/mol. The molecule has 1 amide bonds. The molecule has 0 saturated heterocycles. The molecule has 0 bridgehead atoms. The Morgan fingerprint density at radius 2 is 1.83 bits per heavy atom. The highest BCUT2D eigenvalue weighted by Gasteiger charge is 2.00. The smallest absolute Gasteiger partial charge is 0.259 e. The molecule has 5 nitrogen and oxygen atoms in total. The van der Waals surface area contributed by atoms with Crippen molar-refractivity contribution < 1.29 is 9.53 Å². The molecule has 148 valence electrons. The average molecular weight is 564 g/mol. The standard InChI is InChI=1S/C22H19BrIN3O2/c23-18-6-4-16(5-7-18)15-29-21-3-1-2-17(12-21)13-26-27-22(28)14-25-20-10-8-19(24)9-11-20/h1-13,25H,14-15H2,(H,27,28)/b26-13-. The van der Waals surface area contributed by atoms with Crippen molar-refractivity contribution in [3.8, 4) is 5.75 Å². The van der Waals surface area contributed by atoms with E-state index in [0.717, 1.165) is 30.6 Å². The van der Waals surface area contributed by atoms with Gasteiger partial charge in [0.1, 0.15) is 12.4 Å². The van der Waals surface area contributed by atoms with E-state index < -0.39 is 0 Å². The van der Waals surface area contributed by atoms with Gasteiger partial charge < -0.3 is 10.1 Å². The van der Waals surface area contributed by atoms with Crippen LogP contribution in [0.3, 0.4) is 0 Å². The number of halogens is 2. The highest BCUT2D eigenvalue weighted by molar-refractivity contribution is 14.1. The highest BCUT2D eigenvalue weighted by Crippen LogP contribution is 2.16. The number of nitrogens with one attached hydrogen (secondary N) is 2. The molecule has 0 radical (unpaired) electrons. The number of nitrogens with zero attached hydrogens (tertiary/aromatic N) is 1. The van der Waals surface area contributed by atoms with Crippen LogP contribution in [0.4, 0.5) is 5.69 Å². The summed E-state index contributed by atoms with van der Waals surface area (Å²) in [5.74, 6) is 0.519. The summed E-state index contributed by atoms with van der Waals surface area (Å²) in [7, 11) is 0. The van der Waals surface area contributed by atoms with Gasteiger partial charge in [0.05, 0.1) is 12.8 Å². The van der Waals surface area contributed by atoms with Crippen molar-refractivity contribution >= 4 is 56.3 Å². The molecule has 29 heavy (non-hydrogen) atoms. The van der Waals surface area contributed by atoms with Gasteiger partial charge in [-0.05, 0) is 82.2 Å². The molecule has 0 aliphatic carbocycles. The molecule has 0 atom stereocenters. The molecule has 0 aliphatic rings. The zero-order valence-corrected chi connectivity index (χ0v) is 19.2. The van der Waals surface area contributed by atoms with Crippen molar-refractivity contribution in [2.24, 2.45) is 5.10 Å². The van der Waals surface area contributed by atoms with Crippen LogP contribution in [-0.4, -0.2) is 18.7 Å².